The molecule has 0 aliphatic carbocycles. The summed E-state index contributed by atoms with van der Waals surface area (Å²) in [7, 11) is 0. The first-order valence-corrected chi connectivity index (χ1v) is 6.96. The molecule has 98 valence electrons. The van der Waals surface area contributed by atoms with E-state index in [0.29, 0.717) is 18.6 Å². The Bertz CT molecular complexity index is 140. The first-order valence-electron chi connectivity index (χ1n) is 6.96. The Morgan fingerprint density at radius 1 is 0.688 bits per heavy atom. The first-order chi connectivity index (χ1) is 7.74. The SMILES string of the molecule is CCCCC(CCC)(CCO)CCCCO. The fourth-order valence-corrected chi connectivity index (χ4v) is 2.68. The Hall–Kier alpha value is -0.0800. The number of hydrogen-bond donors (Lipinski definition) is 2. The number of rotatable bonds is 11. The van der Waals surface area contributed by atoms with Gasteiger partial charge < -0.3 is 10.2 Å². The van der Waals surface area contributed by atoms with Gasteiger partial charge in [0.05, 0.1) is 0 Å². The van der Waals surface area contributed by atoms with E-state index in [1.165, 1.54) is 38.5 Å². The van der Waals surface area contributed by atoms with Crippen LogP contribution in [-0.4, -0.2) is 23.4 Å². The third-order valence-electron chi connectivity index (χ3n) is 3.60. The Labute approximate surface area is 101 Å². The molecule has 0 aromatic rings. The van der Waals surface area contributed by atoms with E-state index in [0.717, 1.165) is 19.3 Å². The lowest BCUT2D eigenvalue weighted by Crippen LogP contribution is -2.22. The molecule has 0 bridgehead atoms. The fourth-order valence-electron chi connectivity index (χ4n) is 2.68. The maximum Gasteiger partial charge on any atom is 0.0436 e. The van der Waals surface area contributed by atoms with Crippen molar-refractivity contribution in [3.05, 3.63) is 0 Å². The van der Waals surface area contributed by atoms with Crippen molar-refractivity contribution in [3.63, 3.8) is 0 Å². The molecule has 0 aliphatic heterocycles. The van der Waals surface area contributed by atoms with Crippen molar-refractivity contribution in [1.82, 2.24) is 0 Å². The molecule has 0 fully saturated rings. The van der Waals surface area contributed by atoms with Gasteiger partial charge in [0.1, 0.15) is 0 Å². The molecule has 1 atom stereocenters. The zero-order valence-electron chi connectivity index (χ0n) is 11.2. The van der Waals surface area contributed by atoms with E-state index >= 15 is 0 Å². The van der Waals surface area contributed by atoms with Crippen LogP contribution in [0.15, 0.2) is 0 Å². The van der Waals surface area contributed by atoms with E-state index in [9.17, 15) is 5.11 Å². The Balaban J connectivity index is 4.24. The second-order valence-electron chi connectivity index (χ2n) is 5.01. The van der Waals surface area contributed by atoms with Crippen molar-refractivity contribution in [2.24, 2.45) is 5.41 Å². The minimum Gasteiger partial charge on any atom is -0.396 e. The van der Waals surface area contributed by atoms with Gasteiger partial charge in [-0.15, -0.1) is 0 Å². The molecular formula is C14H30O2. The maximum atomic E-state index is 9.23. The molecule has 0 aromatic carbocycles. The van der Waals surface area contributed by atoms with Gasteiger partial charge in [-0.1, -0.05) is 39.5 Å². The fraction of sp³-hybridized carbons (Fsp3) is 1.00. The van der Waals surface area contributed by atoms with Gasteiger partial charge in [0.2, 0.25) is 0 Å². The molecule has 0 spiro atoms. The molecule has 0 aliphatic rings. The molecule has 2 heteroatoms. The number of unbranched alkanes of at least 4 members (excludes halogenated alkanes) is 2. The van der Waals surface area contributed by atoms with Crippen molar-refractivity contribution >= 4 is 0 Å². The average molecular weight is 230 g/mol. The van der Waals surface area contributed by atoms with Crippen LogP contribution in [0.4, 0.5) is 0 Å². The third-order valence-corrected chi connectivity index (χ3v) is 3.60. The number of aliphatic hydroxyl groups is 2. The molecule has 0 aromatic heterocycles. The standard InChI is InChI=1S/C14H30O2/c1-3-5-9-14(8-4-2,11-13-16)10-6-7-12-15/h15-16H,3-13H2,1-2H3. The lowest BCUT2D eigenvalue weighted by molar-refractivity contribution is 0.133. The normalized spacial score (nSPS) is 15.0. The van der Waals surface area contributed by atoms with Crippen molar-refractivity contribution < 1.29 is 10.2 Å². The Kier molecular flexibility index (Phi) is 10.0. The van der Waals surface area contributed by atoms with Gasteiger partial charge >= 0.3 is 0 Å². The second-order valence-corrected chi connectivity index (χ2v) is 5.01. The minimum absolute atomic E-state index is 0.301. The van der Waals surface area contributed by atoms with Crippen LogP contribution in [0.2, 0.25) is 0 Å². The molecule has 0 radical (unpaired) electrons. The Morgan fingerprint density at radius 2 is 1.38 bits per heavy atom. The summed E-state index contributed by atoms with van der Waals surface area (Å²) in [5, 5.41) is 18.1. The molecule has 0 saturated carbocycles. The van der Waals surface area contributed by atoms with Crippen LogP contribution < -0.4 is 0 Å². The van der Waals surface area contributed by atoms with Crippen LogP contribution >= 0.6 is 0 Å². The lowest BCUT2D eigenvalue weighted by Gasteiger charge is -2.33. The Morgan fingerprint density at radius 3 is 1.88 bits per heavy atom. The quantitative estimate of drug-likeness (QED) is 0.533. The van der Waals surface area contributed by atoms with E-state index in [1.807, 2.05) is 0 Å². The lowest BCUT2D eigenvalue weighted by atomic mass is 9.72. The molecular weight excluding hydrogens is 200 g/mol. The van der Waals surface area contributed by atoms with Crippen molar-refractivity contribution in [2.75, 3.05) is 13.2 Å². The topological polar surface area (TPSA) is 40.5 Å². The molecule has 0 rings (SSSR count). The summed E-state index contributed by atoms with van der Waals surface area (Å²) in [6.45, 7) is 5.06. The zero-order valence-corrected chi connectivity index (χ0v) is 11.2. The second kappa shape index (κ2) is 10.1. The third kappa shape index (κ3) is 6.49. The van der Waals surface area contributed by atoms with Gasteiger partial charge in [-0.3, -0.25) is 0 Å². The van der Waals surface area contributed by atoms with Gasteiger partial charge in [-0.2, -0.15) is 0 Å². The van der Waals surface area contributed by atoms with Crippen molar-refractivity contribution in [3.8, 4) is 0 Å². The minimum atomic E-state index is 0.301. The summed E-state index contributed by atoms with van der Waals surface area (Å²) in [4.78, 5) is 0. The predicted octanol–water partition coefficient (Wildman–Crippen LogP) is 3.51. The highest BCUT2D eigenvalue weighted by atomic mass is 16.3. The van der Waals surface area contributed by atoms with Crippen molar-refractivity contribution in [2.45, 2.75) is 71.6 Å². The molecule has 0 amide bonds. The highest BCUT2D eigenvalue weighted by Gasteiger charge is 2.27. The smallest absolute Gasteiger partial charge is 0.0436 e. The molecule has 2 nitrogen and oxygen atoms in total. The van der Waals surface area contributed by atoms with E-state index in [2.05, 4.69) is 13.8 Å². The molecule has 1 unspecified atom stereocenters. The summed E-state index contributed by atoms with van der Waals surface area (Å²) in [6.07, 6.45) is 10.3. The number of hydrogen-bond acceptors (Lipinski definition) is 2. The first kappa shape index (κ1) is 15.9. The van der Waals surface area contributed by atoms with E-state index in [1.54, 1.807) is 0 Å². The molecule has 0 saturated heterocycles. The number of aliphatic hydroxyl groups excluding tert-OH is 2. The van der Waals surface area contributed by atoms with Gasteiger partial charge in [-0.25, -0.2) is 0 Å². The van der Waals surface area contributed by atoms with Crippen LogP contribution in [0.25, 0.3) is 0 Å². The monoisotopic (exact) mass is 230 g/mol. The summed E-state index contributed by atoms with van der Waals surface area (Å²) < 4.78 is 0. The summed E-state index contributed by atoms with van der Waals surface area (Å²) in [6, 6.07) is 0. The van der Waals surface area contributed by atoms with Crippen molar-refractivity contribution in [1.29, 1.82) is 0 Å². The average Bonchev–Trinajstić information content (AvgIpc) is 2.27. The van der Waals surface area contributed by atoms with Crippen LogP contribution in [0.5, 0.6) is 0 Å². The van der Waals surface area contributed by atoms with Gasteiger partial charge in [0.25, 0.3) is 0 Å². The van der Waals surface area contributed by atoms with Gasteiger partial charge in [0, 0.05) is 13.2 Å². The highest BCUT2D eigenvalue weighted by molar-refractivity contribution is 4.79. The van der Waals surface area contributed by atoms with Crippen LogP contribution in [0.3, 0.4) is 0 Å². The van der Waals surface area contributed by atoms with E-state index in [-0.39, 0.29) is 0 Å². The summed E-state index contributed by atoms with van der Waals surface area (Å²) in [5.74, 6) is 0. The molecule has 2 N–H and O–H groups in total. The maximum absolute atomic E-state index is 9.23. The van der Waals surface area contributed by atoms with E-state index < -0.39 is 0 Å². The predicted molar refractivity (Wildman–Crippen MR) is 69.5 cm³/mol. The van der Waals surface area contributed by atoms with Crippen LogP contribution in [0.1, 0.15) is 71.6 Å². The largest absolute Gasteiger partial charge is 0.396 e. The summed E-state index contributed by atoms with van der Waals surface area (Å²) in [5.41, 5.74) is 0.342. The van der Waals surface area contributed by atoms with Gasteiger partial charge in [0.15, 0.2) is 0 Å². The highest BCUT2D eigenvalue weighted by Crippen LogP contribution is 2.39. The van der Waals surface area contributed by atoms with Crippen LogP contribution in [0, 0.1) is 5.41 Å². The molecule has 0 heterocycles. The summed E-state index contributed by atoms with van der Waals surface area (Å²) >= 11 is 0. The van der Waals surface area contributed by atoms with Crippen LogP contribution in [-0.2, 0) is 0 Å². The van der Waals surface area contributed by atoms with E-state index in [4.69, 9.17) is 5.11 Å². The molecule has 16 heavy (non-hydrogen) atoms. The zero-order chi connectivity index (χ0) is 12.3. The van der Waals surface area contributed by atoms with Gasteiger partial charge in [-0.05, 0) is 37.5 Å².